The topological polar surface area (TPSA) is 102 Å². The Bertz CT molecular complexity index is 431. The molecule has 0 fully saturated rings. The van der Waals surface area contributed by atoms with Crippen LogP contribution in [0, 0.1) is 0 Å². The van der Waals surface area contributed by atoms with Crippen LogP contribution in [0.1, 0.15) is 10.5 Å². The molecule has 0 aliphatic rings. The maximum absolute atomic E-state index is 11.5. The number of nitrogen functional groups attached to an aromatic ring is 1. The number of carbonyl (C=O) groups is 1. The number of nitrogens with one attached hydrogen (secondary N) is 2. The van der Waals surface area contributed by atoms with E-state index in [0.29, 0.717) is 5.69 Å². The Kier molecular flexibility index (Phi) is 1.90. The van der Waals surface area contributed by atoms with Gasteiger partial charge in [-0.1, -0.05) is 0 Å². The Balaban J connectivity index is 2.13. The molecule has 0 bridgehead atoms. The molecule has 14 heavy (non-hydrogen) atoms. The molecule has 2 heterocycles. The van der Waals surface area contributed by atoms with Crippen LogP contribution < -0.4 is 11.2 Å². The summed E-state index contributed by atoms with van der Waals surface area (Å²) in [7, 11) is 0. The molecule has 0 unspecified atom stereocenters. The number of rotatable bonds is 2. The molecule has 7 nitrogen and oxygen atoms in total. The number of hydrogen-bond acceptors (Lipinski definition) is 4. The van der Waals surface area contributed by atoms with Crippen molar-refractivity contribution in [3.63, 3.8) is 0 Å². The van der Waals surface area contributed by atoms with Crippen molar-refractivity contribution in [1.82, 2.24) is 19.9 Å². The molecule has 1 amide bonds. The zero-order valence-corrected chi connectivity index (χ0v) is 7.14. The fourth-order valence-electron chi connectivity index (χ4n) is 0.971. The van der Waals surface area contributed by atoms with Gasteiger partial charge in [0.2, 0.25) is 5.95 Å². The lowest BCUT2D eigenvalue weighted by molar-refractivity contribution is 0.100. The molecular formula is C7H8N6O. The van der Waals surface area contributed by atoms with E-state index in [2.05, 4.69) is 20.6 Å². The molecule has 0 saturated carbocycles. The third-order valence-corrected chi connectivity index (χ3v) is 1.64. The highest BCUT2D eigenvalue weighted by atomic mass is 16.2. The van der Waals surface area contributed by atoms with E-state index in [0.717, 1.165) is 0 Å². The average molecular weight is 192 g/mol. The highest BCUT2D eigenvalue weighted by Gasteiger charge is 2.07. The van der Waals surface area contributed by atoms with E-state index in [-0.39, 0.29) is 11.9 Å². The number of nitrogens with zero attached hydrogens (tertiary/aromatic N) is 3. The maximum atomic E-state index is 11.5. The van der Waals surface area contributed by atoms with Crippen LogP contribution in [0.3, 0.4) is 0 Å². The molecular weight excluding hydrogens is 184 g/mol. The minimum absolute atomic E-state index is 0.130. The van der Waals surface area contributed by atoms with Crippen LogP contribution in [0.4, 0.5) is 5.95 Å². The third-order valence-electron chi connectivity index (χ3n) is 1.64. The molecule has 0 radical (unpaired) electrons. The highest BCUT2D eigenvalue weighted by Crippen LogP contribution is 1.97. The molecule has 0 aliphatic carbocycles. The van der Waals surface area contributed by atoms with Gasteiger partial charge in [-0.15, -0.1) is 10.2 Å². The molecule has 0 spiro atoms. The van der Waals surface area contributed by atoms with E-state index in [9.17, 15) is 4.79 Å². The highest BCUT2D eigenvalue weighted by molar-refractivity contribution is 5.98. The Labute approximate surface area is 78.9 Å². The van der Waals surface area contributed by atoms with Crippen LogP contribution in [-0.4, -0.2) is 25.8 Å². The second-order valence-electron chi connectivity index (χ2n) is 2.58. The van der Waals surface area contributed by atoms with Crippen molar-refractivity contribution < 1.29 is 4.79 Å². The van der Waals surface area contributed by atoms with Gasteiger partial charge in [-0.05, 0) is 12.1 Å². The van der Waals surface area contributed by atoms with Crippen LogP contribution in [0.25, 0.3) is 0 Å². The quantitative estimate of drug-likeness (QED) is 0.601. The number of nitrogens with two attached hydrogens (primary N) is 1. The number of hydrogen-bond donors (Lipinski definition) is 3. The molecule has 0 atom stereocenters. The summed E-state index contributed by atoms with van der Waals surface area (Å²) in [6, 6.07) is 3.38. The lowest BCUT2D eigenvalue weighted by Crippen LogP contribution is -2.23. The summed E-state index contributed by atoms with van der Waals surface area (Å²) in [6.07, 6.45) is 2.97. The van der Waals surface area contributed by atoms with Gasteiger partial charge in [-0.2, -0.15) is 0 Å². The number of H-pyrrole nitrogens is 1. The van der Waals surface area contributed by atoms with Crippen LogP contribution in [0.5, 0.6) is 0 Å². The van der Waals surface area contributed by atoms with Gasteiger partial charge in [0.1, 0.15) is 12.0 Å². The van der Waals surface area contributed by atoms with E-state index in [1.807, 2.05) is 0 Å². The van der Waals surface area contributed by atoms with Gasteiger partial charge >= 0.3 is 0 Å². The van der Waals surface area contributed by atoms with Crippen molar-refractivity contribution in [1.29, 1.82) is 0 Å². The van der Waals surface area contributed by atoms with Crippen molar-refractivity contribution in [2.75, 3.05) is 11.2 Å². The van der Waals surface area contributed by atoms with Crippen molar-refractivity contribution in [2.24, 2.45) is 0 Å². The minimum Gasteiger partial charge on any atom is -0.366 e. The van der Waals surface area contributed by atoms with Gasteiger partial charge in [-0.25, -0.2) is 4.68 Å². The zero-order chi connectivity index (χ0) is 9.97. The predicted octanol–water partition coefficient (Wildman–Crippen LogP) is -0.428. The van der Waals surface area contributed by atoms with E-state index >= 15 is 0 Å². The zero-order valence-electron chi connectivity index (χ0n) is 7.14. The van der Waals surface area contributed by atoms with Gasteiger partial charge in [0, 0.05) is 6.20 Å². The number of aromatic amines is 1. The van der Waals surface area contributed by atoms with Gasteiger partial charge in [0.05, 0.1) is 0 Å². The Hall–Kier alpha value is -2.31. The molecule has 2 aromatic heterocycles. The Morgan fingerprint density at radius 3 is 3.07 bits per heavy atom. The molecule has 0 saturated heterocycles. The van der Waals surface area contributed by atoms with Crippen molar-refractivity contribution in [3.8, 4) is 0 Å². The van der Waals surface area contributed by atoms with Crippen LogP contribution >= 0.6 is 0 Å². The summed E-state index contributed by atoms with van der Waals surface area (Å²) >= 11 is 0. The summed E-state index contributed by atoms with van der Waals surface area (Å²) in [5, 5.41) is 7.04. The fourth-order valence-corrected chi connectivity index (χ4v) is 0.971. The molecule has 72 valence electrons. The van der Waals surface area contributed by atoms with Gasteiger partial charge in [0.25, 0.3) is 5.91 Å². The minimum atomic E-state index is -0.304. The summed E-state index contributed by atoms with van der Waals surface area (Å²) in [4.78, 5) is 14.2. The monoisotopic (exact) mass is 192 g/mol. The number of aromatic nitrogens is 4. The molecule has 2 aromatic rings. The summed E-state index contributed by atoms with van der Waals surface area (Å²) in [5.41, 5.74) is 8.34. The van der Waals surface area contributed by atoms with Crippen molar-refractivity contribution in [3.05, 3.63) is 30.4 Å². The van der Waals surface area contributed by atoms with Gasteiger partial charge in [0.15, 0.2) is 0 Å². The molecule has 0 aliphatic heterocycles. The van der Waals surface area contributed by atoms with Crippen molar-refractivity contribution >= 4 is 11.9 Å². The maximum Gasteiger partial charge on any atom is 0.286 e. The lowest BCUT2D eigenvalue weighted by Gasteiger charge is -2.03. The largest absolute Gasteiger partial charge is 0.366 e. The molecule has 0 aromatic carbocycles. The van der Waals surface area contributed by atoms with Crippen LogP contribution in [0.2, 0.25) is 0 Å². The first-order chi connectivity index (χ1) is 6.77. The van der Waals surface area contributed by atoms with Crippen LogP contribution in [0.15, 0.2) is 24.7 Å². The van der Waals surface area contributed by atoms with Gasteiger partial charge in [-0.3, -0.25) is 10.2 Å². The fraction of sp³-hybridized carbons (Fsp3) is 0. The number of anilines is 1. The molecule has 7 heteroatoms. The average Bonchev–Trinajstić information content (AvgIpc) is 2.77. The molecule has 4 N–H and O–H groups in total. The van der Waals surface area contributed by atoms with E-state index in [1.54, 1.807) is 18.3 Å². The number of carbonyl (C=O) groups excluding carboxylic acids is 1. The first kappa shape index (κ1) is 8.30. The first-order valence-electron chi connectivity index (χ1n) is 3.87. The second-order valence-corrected chi connectivity index (χ2v) is 2.58. The lowest BCUT2D eigenvalue weighted by atomic mass is 10.4. The number of amides is 1. The second kappa shape index (κ2) is 3.21. The summed E-state index contributed by atoms with van der Waals surface area (Å²) in [6.45, 7) is 0. The summed E-state index contributed by atoms with van der Waals surface area (Å²) < 4.78 is 1.24. The van der Waals surface area contributed by atoms with Crippen molar-refractivity contribution in [2.45, 2.75) is 0 Å². The smallest absolute Gasteiger partial charge is 0.286 e. The van der Waals surface area contributed by atoms with Crippen LogP contribution in [-0.2, 0) is 0 Å². The predicted molar refractivity (Wildman–Crippen MR) is 48.9 cm³/mol. The van der Waals surface area contributed by atoms with E-state index < -0.39 is 0 Å². The van der Waals surface area contributed by atoms with E-state index in [4.69, 9.17) is 5.73 Å². The summed E-state index contributed by atoms with van der Waals surface area (Å²) in [5.74, 6) is -0.175. The normalized spacial score (nSPS) is 10.0. The first-order valence-corrected chi connectivity index (χ1v) is 3.87. The Morgan fingerprint density at radius 1 is 1.64 bits per heavy atom. The Morgan fingerprint density at radius 2 is 2.50 bits per heavy atom. The van der Waals surface area contributed by atoms with E-state index in [1.165, 1.54) is 11.0 Å². The molecule has 2 rings (SSSR count). The standard InChI is InChI=1S/C7H8N6O/c8-7-11-10-4-13(7)12-6(14)5-2-1-3-9-5/h1-4,9H,(H2,8,11)(H,12,14). The van der Waals surface area contributed by atoms with Gasteiger partial charge < -0.3 is 10.7 Å². The third kappa shape index (κ3) is 1.42. The SMILES string of the molecule is Nc1nncn1NC(=O)c1ccc[nH]1.